The SMILES string of the molecule is C/C(O)=C/C(=O)c1cc(C)ccc1OCc1ccccc1. The minimum atomic E-state index is -0.262. The van der Waals surface area contributed by atoms with Crippen LogP contribution in [0.1, 0.15) is 28.4 Å². The fraction of sp³-hybridized carbons (Fsp3) is 0.167. The van der Waals surface area contributed by atoms with Crippen molar-refractivity contribution in [2.24, 2.45) is 0 Å². The number of aliphatic hydroxyl groups is 1. The summed E-state index contributed by atoms with van der Waals surface area (Å²) in [4.78, 5) is 12.1. The molecule has 0 fully saturated rings. The van der Waals surface area contributed by atoms with E-state index in [1.54, 1.807) is 12.1 Å². The van der Waals surface area contributed by atoms with Gasteiger partial charge in [-0.15, -0.1) is 0 Å². The molecule has 0 bridgehead atoms. The molecule has 0 atom stereocenters. The largest absolute Gasteiger partial charge is 0.512 e. The Hall–Kier alpha value is -2.55. The van der Waals surface area contributed by atoms with E-state index in [2.05, 4.69) is 0 Å². The number of carbonyl (C=O) groups is 1. The summed E-state index contributed by atoms with van der Waals surface area (Å²) in [6.07, 6.45) is 1.20. The number of aryl methyl sites for hydroxylation is 1. The Morgan fingerprint density at radius 2 is 1.90 bits per heavy atom. The Labute approximate surface area is 124 Å². The van der Waals surface area contributed by atoms with Crippen LogP contribution in [0.15, 0.2) is 60.4 Å². The predicted molar refractivity (Wildman–Crippen MR) is 82.7 cm³/mol. The fourth-order valence-corrected chi connectivity index (χ4v) is 1.97. The summed E-state index contributed by atoms with van der Waals surface area (Å²) >= 11 is 0. The molecule has 0 saturated carbocycles. The zero-order chi connectivity index (χ0) is 15.2. The number of ether oxygens (including phenoxy) is 1. The number of aliphatic hydroxyl groups excluding tert-OH is 1. The molecule has 0 aromatic heterocycles. The predicted octanol–water partition coefficient (Wildman–Crippen LogP) is 4.22. The van der Waals surface area contributed by atoms with Crippen molar-refractivity contribution in [2.75, 3.05) is 0 Å². The third-order valence-corrected chi connectivity index (χ3v) is 2.98. The Balaban J connectivity index is 2.23. The average molecular weight is 282 g/mol. The molecule has 0 aliphatic carbocycles. The highest BCUT2D eigenvalue weighted by Gasteiger charge is 2.11. The number of rotatable bonds is 5. The Bertz CT molecular complexity index is 653. The van der Waals surface area contributed by atoms with Crippen LogP contribution >= 0.6 is 0 Å². The molecule has 0 unspecified atom stereocenters. The van der Waals surface area contributed by atoms with Crippen LogP contribution in [0.5, 0.6) is 5.75 Å². The van der Waals surface area contributed by atoms with E-state index in [0.29, 0.717) is 17.9 Å². The van der Waals surface area contributed by atoms with Crippen molar-refractivity contribution in [3.05, 3.63) is 77.1 Å². The molecule has 2 rings (SSSR count). The minimum Gasteiger partial charge on any atom is -0.512 e. The minimum absolute atomic E-state index is 0.0180. The van der Waals surface area contributed by atoms with Gasteiger partial charge in [-0.25, -0.2) is 0 Å². The molecule has 0 spiro atoms. The molecule has 0 aliphatic rings. The van der Waals surface area contributed by atoms with E-state index >= 15 is 0 Å². The van der Waals surface area contributed by atoms with Gasteiger partial charge >= 0.3 is 0 Å². The van der Waals surface area contributed by atoms with Gasteiger partial charge in [-0.1, -0.05) is 42.0 Å². The van der Waals surface area contributed by atoms with Crippen molar-refractivity contribution in [1.29, 1.82) is 0 Å². The average Bonchev–Trinajstić information content (AvgIpc) is 2.46. The van der Waals surface area contributed by atoms with Crippen molar-refractivity contribution in [2.45, 2.75) is 20.5 Å². The Morgan fingerprint density at radius 1 is 1.19 bits per heavy atom. The molecule has 2 aromatic rings. The smallest absolute Gasteiger partial charge is 0.192 e. The highest BCUT2D eigenvalue weighted by molar-refractivity contribution is 6.06. The number of benzene rings is 2. The van der Waals surface area contributed by atoms with Gasteiger partial charge < -0.3 is 9.84 Å². The third-order valence-electron chi connectivity index (χ3n) is 2.98. The lowest BCUT2D eigenvalue weighted by Crippen LogP contribution is -2.03. The van der Waals surface area contributed by atoms with Gasteiger partial charge in [-0.2, -0.15) is 0 Å². The van der Waals surface area contributed by atoms with Crippen LogP contribution in [-0.4, -0.2) is 10.9 Å². The molecule has 0 aliphatic heterocycles. The van der Waals surface area contributed by atoms with Crippen LogP contribution in [0.4, 0.5) is 0 Å². The van der Waals surface area contributed by atoms with Crippen LogP contribution in [0.3, 0.4) is 0 Å². The first-order valence-electron chi connectivity index (χ1n) is 6.75. The summed E-state index contributed by atoms with van der Waals surface area (Å²) < 4.78 is 5.75. The highest BCUT2D eigenvalue weighted by atomic mass is 16.5. The van der Waals surface area contributed by atoms with Gasteiger partial charge in [0.15, 0.2) is 5.78 Å². The van der Waals surface area contributed by atoms with Crippen LogP contribution in [-0.2, 0) is 6.61 Å². The summed E-state index contributed by atoms with van der Waals surface area (Å²) in [5.74, 6) is 0.240. The number of allylic oxidation sites excluding steroid dienone is 2. The van der Waals surface area contributed by atoms with Crippen molar-refractivity contribution in [3.8, 4) is 5.75 Å². The molecular formula is C18H18O3. The van der Waals surface area contributed by atoms with E-state index < -0.39 is 0 Å². The molecule has 1 N–H and O–H groups in total. The molecule has 0 amide bonds. The van der Waals surface area contributed by atoms with Gasteiger partial charge in [0.25, 0.3) is 0 Å². The maximum Gasteiger partial charge on any atom is 0.192 e. The van der Waals surface area contributed by atoms with Crippen LogP contribution < -0.4 is 4.74 Å². The van der Waals surface area contributed by atoms with Crippen LogP contribution in [0.25, 0.3) is 0 Å². The van der Waals surface area contributed by atoms with E-state index in [9.17, 15) is 9.90 Å². The van der Waals surface area contributed by atoms with Crippen molar-refractivity contribution >= 4 is 5.78 Å². The fourth-order valence-electron chi connectivity index (χ4n) is 1.97. The second-order valence-corrected chi connectivity index (χ2v) is 4.92. The van der Waals surface area contributed by atoms with E-state index in [0.717, 1.165) is 11.1 Å². The molecule has 21 heavy (non-hydrogen) atoms. The van der Waals surface area contributed by atoms with Gasteiger partial charge in [0.2, 0.25) is 0 Å². The third kappa shape index (κ3) is 4.21. The Kier molecular flexibility index (Phi) is 4.77. The quantitative estimate of drug-likeness (QED) is 0.507. The van der Waals surface area contributed by atoms with Gasteiger partial charge in [-0.05, 0) is 31.5 Å². The van der Waals surface area contributed by atoms with Crippen molar-refractivity contribution in [1.82, 2.24) is 0 Å². The molecule has 0 saturated heterocycles. The molecule has 108 valence electrons. The van der Waals surface area contributed by atoms with Gasteiger partial charge in [-0.3, -0.25) is 4.79 Å². The highest BCUT2D eigenvalue weighted by Crippen LogP contribution is 2.22. The summed E-state index contributed by atoms with van der Waals surface area (Å²) in [6, 6.07) is 15.2. The summed E-state index contributed by atoms with van der Waals surface area (Å²) in [5, 5.41) is 9.25. The van der Waals surface area contributed by atoms with E-state index in [4.69, 9.17) is 4.74 Å². The first-order chi connectivity index (χ1) is 10.1. The molecule has 0 radical (unpaired) electrons. The lowest BCUT2D eigenvalue weighted by Gasteiger charge is -2.11. The molecule has 2 aromatic carbocycles. The summed E-state index contributed by atoms with van der Waals surface area (Å²) in [5.41, 5.74) is 2.46. The van der Waals surface area contributed by atoms with Crippen molar-refractivity contribution < 1.29 is 14.6 Å². The molecule has 3 nitrogen and oxygen atoms in total. The standard InChI is InChI=1S/C18H18O3/c1-13-8-9-18(16(10-13)17(20)11-14(2)19)21-12-15-6-4-3-5-7-15/h3-11,19H,12H2,1-2H3/b14-11-. The topological polar surface area (TPSA) is 46.5 Å². The van der Waals surface area contributed by atoms with Crippen LogP contribution in [0.2, 0.25) is 0 Å². The number of hydrogen-bond donors (Lipinski definition) is 1. The maximum absolute atomic E-state index is 12.1. The van der Waals surface area contributed by atoms with E-state index in [1.165, 1.54) is 13.0 Å². The monoisotopic (exact) mass is 282 g/mol. The zero-order valence-electron chi connectivity index (χ0n) is 12.2. The lowest BCUT2D eigenvalue weighted by molar-refractivity contribution is 0.103. The van der Waals surface area contributed by atoms with E-state index in [-0.39, 0.29) is 11.5 Å². The molecule has 3 heteroatoms. The number of ketones is 1. The van der Waals surface area contributed by atoms with Gasteiger partial charge in [0.1, 0.15) is 12.4 Å². The second kappa shape index (κ2) is 6.75. The first-order valence-corrected chi connectivity index (χ1v) is 6.75. The molecular weight excluding hydrogens is 264 g/mol. The number of carbonyl (C=O) groups excluding carboxylic acids is 1. The first kappa shape index (κ1) is 14.9. The summed E-state index contributed by atoms with van der Waals surface area (Å²) in [6.45, 7) is 3.78. The normalized spacial score (nSPS) is 11.2. The van der Waals surface area contributed by atoms with E-state index in [1.807, 2.05) is 43.3 Å². The van der Waals surface area contributed by atoms with Gasteiger partial charge in [0.05, 0.1) is 11.3 Å². The zero-order valence-corrected chi connectivity index (χ0v) is 12.2. The Morgan fingerprint density at radius 3 is 2.57 bits per heavy atom. The maximum atomic E-state index is 12.1. The summed E-state index contributed by atoms with van der Waals surface area (Å²) in [7, 11) is 0. The van der Waals surface area contributed by atoms with Crippen LogP contribution in [0, 0.1) is 6.92 Å². The lowest BCUT2D eigenvalue weighted by atomic mass is 10.1. The second-order valence-electron chi connectivity index (χ2n) is 4.92. The molecule has 0 heterocycles. The van der Waals surface area contributed by atoms with Gasteiger partial charge in [0, 0.05) is 6.08 Å². The number of hydrogen-bond acceptors (Lipinski definition) is 3. The van der Waals surface area contributed by atoms with Crippen molar-refractivity contribution in [3.63, 3.8) is 0 Å².